The van der Waals surface area contributed by atoms with E-state index < -0.39 is 0 Å². The summed E-state index contributed by atoms with van der Waals surface area (Å²) in [5.74, 6) is 1.71. The lowest BCUT2D eigenvalue weighted by Crippen LogP contribution is -2.34. The fraction of sp³-hybridized carbons (Fsp3) is 0.419. The lowest BCUT2D eigenvalue weighted by molar-refractivity contribution is 0.277. The van der Waals surface area contributed by atoms with Crippen LogP contribution in [-0.2, 0) is 11.8 Å². The van der Waals surface area contributed by atoms with Gasteiger partial charge in [-0.2, -0.15) is 0 Å². The van der Waals surface area contributed by atoms with Crippen molar-refractivity contribution in [2.24, 2.45) is 0 Å². The van der Waals surface area contributed by atoms with Crippen LogP contribution in [0.15, 0.2) is 66.7 Å². The fourth-order valence-electron chi connectivity index (χ4n) is 5.26. The molecule has 186 valence electrons. The molecular formula is C31H40NO2P. The first kappa shape index (κ1) is 25.6. The Kier molecular flexibility index (Phi) is 8.74. The largest absolute Gasteiger partial charge is 0.493 e. The van der Waals surface area contributed by atoms with E-state index in [1.165, 1.54) is 41.4 Å². The van der Waals surface area contributed by atoms with Crippen molar-refractivity contribution >= 4 is 19.6 Å². The lowest BCUT2D eigenvalue weighted by Gasteiger charge is -2.38. The molecular weight excluding hydrogens is 449 g/mol. The minimum atomic E-state index is -0.0167. The van der Waals surface area contributed by atoms with Gasteiger partial charge in [-0.25, -0.2) is 0 Å². The summed E-state index contributed by atoms with van der Waals surface area (Å²) in [5, 5.41) is 1.49. The van der Waals surface area contributed by atoms with Gasteiger partial charge in [-0.3, -0.25) is 0 Å². The van der Waals surface area contributed by atoms with Crippen LogP contribution in [0.2, 0.25) is 0 Å². The number of methoxy groups -OCH3 is 1. The second-order valence-electron chi connectivity index (χ2n) is 9.54. The zero-order valence-corrected chi connectivity index (χ0v) is 22.8. The second-order valence-corrected chi connectivity index (χ2v) is 11.2. The first-order valence-corrected chi connectivity index (χ1v) is 14.1. The molecule has 1 fully saturated rings. The summed E-state index contributed by atoms with van der Waals surface area (Å²) in [5.41, 5.74) is 5.26. The number of piperidine rings is 1. The Morgan fingerprint density at radius 3 is 2.26 bits per heavy atom. The first-order valence-electron chi connectivity index (χ1n) is 13.1. The van der Waals surface area contributed by atoms with Gasteiger partial charge in [0.05, 0.1) is 7.11 Å². The fourth-order valence-corrected chi connectivity index (χ4v) is 7.07. The summed E-state index contributed by atoms with van der Waals surface area (Å²) >= 11 is 0. The lowest BCUT2D eigenvalue weighted by atomic mass is 9.91. The molecule has 3 aromatic rings. The molecule has 35 heavy (non-hydrogen) atoms. The van der Waals surface area contributed by atoms with E-state index >= 15 is 0 Å². The maximum atomic E-state index is 6.54. The maximum absolute atomic E-state index is 6.54. The Labute approximate surface area is 213 Å². The van der Waals surface area contributed by atoms with E-state index in [1.807, 2.05) is 12.1 Å². The van der Waals surface area contributed by atoms with Crippen LogP contribution < -0.4 is 19.7 Å². The van der Waals surface area contributed by atoms with E-state index in [2.05, 4.69) is 80.3 Å². The van der Waals surface area contributed by atoms with Gasteiger partial charge in [0.2, 0.25) is 0 Å². The second kappa shape index (κ2) is 12.0. The van der Waals surface area contributed by atoms with Crippen molar-refractivity contribution in [3.63, 3.8) is 0 Å². The van der Waals surface area contributed by atoms with Crippen LogP contribution in [0.4, 0.5) is 5.69 Å². The van der Waals surface area contributed by atoms with Gasteiger partial charge in [0.15, 0.2) is 11.5 Å². The van der Waals surface area contributed by atoms with Crippen LogP contribution in [0.3, 0.4) is 0 Å². The summed E-state index contributed by atoms with van der Waals surface area (Å²) < 4.78 is 12.4. The maximum Gasteiger partial charge on any atom is 0.165 e. The molecule has 3 nitrogen and oxygen atoms in total. The summed E-state index contributed by atoms with van der Waals surface area (Å²) in [6.07, 6.45) is 6.02. The predicted octanol–water partition coefficient (Wildman–Crippen LogP) is 7.59. The number of anilines is 1. The normalized spacial score (nSPS) is 14.5. The van der Waals surface area contributed by atoms with Crippen molar-refractivity contribution in [1.29, 1.82) is 0 Å². The van der Waals surface area contributed by atoms with Crippen LogP contribution in [0.1, 0.15) is 62.6 Å². The molecule has 1 aliphatic rings. The highest BCUT2D eigenvalue weighted by molar-refractivity contribution is 7.49. The van der Waals surface area contributed by atoms with Crippen LogP contribution in [0.5, 0.6) is 11.5 Å². The molecule has 0 spiro atoms. The number of para-hydroxylation sites is 1. The molecule has 4 heteroatoms. The van der Waals surface area contributed by atoms with Crippen molar-refractivity contribution in [2.45, 2.75) is 64.6 Å². The Morgan fingerprint density at radius 2 is 1.57 bits per heavy atom. The molecule has 0 N–H and O–H groups in total. The van der Waals surface area contributed by atoms with Crippen molar-refractivity contribution < 1.29 is 9.47 Å². The molecule has 0 radical (unpaired) electrons. The SMILES string of the molecule is CCC(CC)(Pc1c(C)cccc1N1CCCCC1)c1cccc(OC)c1OCc1ccccc1. The molecule has 0 bridgehead atoms. The summed E-state index contributed by atoms with van der Waals surface area (Å²) in [6, 6.07) is 23.7. The number of nitrogens with zero attached hydrogens (tertiary/aromatic N) is 1. The molecule has 3 aromatic carbocycles. The zero-order chi connectivity index (χ0) is 24.7. The van der Waals surface area contributed by atoms with E-state index in [0.29, 0.717) is 15.2 Å². The van der Waals surface area contributed by atoms with E-state index in [-0.39, 0.29) is 5.16 Å². The van der Waals surface area contributed by atoms with Crippen LogP contribution >= 0.6 is 8.58 Å². The monoisotopic (exact) mass is 489 g/mol. The number of aryl methyl sites for hydroxylation is 1. The summed E-state index contributed by atoms with van der Waals surface area (Å²) in [7, 11) is 2.40. The van der Waals surface area contributed by atoms with Gasteiger partial charge < -0.3 is 14.4 Å². The standard InChI is InChI=1S/C31H40NO2P/c1-5-31(6-2,35-30-24(3)15-13-19-27(30)32-21-11-8-12-22-32)26-18-14-20-28(33-4)29(26)34-23-25-16-9-7-10-17-25/h7,9-10,13-20,35H,5-6,8,11-12,21-23H2,1-4H3. The van der Waals surface area contributed by atoms with Gasteiger partial charge in [0.25, 0.3) is 0 Å². The molecule has 1 unspecified atom stereocenters. The number of benzene rings is 3. The average molecular weight is 490 g/mol. The first-order chi connectivity index (χ1) is 17.1. The zero-order valence-electron chi connectivity index (χ0n) is 21.8. The van der Waals surface area contributed by atoms with Crippen molar-refractivity contribution in [2.75, 3.05) is 25.1 Å². The minimum absolute atomic E-state index is 0.0167. The highest BCUT2D eigenvalue weighted by Crippen LogP contribution is 2.53. The molecule has 0 aliphatic carbocycles. The Bertz CT molecular complexity index is 1090. The third-order valence-corrected chi connectivity index (χ3v) is 9.81. The summed E-state index contributed by atoms with van der Waals surface area (Å²) in [6.45, 7) is 9.80. The van der Waals surface area contributed by atoms with E-state index in [0.717, 1.165) is 43.0 Å². The highest BCUT2D eigenvalue weighted by Gasteiger charge is 2.35. The minimum Gasteiger partial charge on any atom is -0.493 e. The number of rotatable bonds is 10. The van der Waals surface area contributed by atoms with Gasteiger partial charge in [-0.05, 0) is 67.6 Å². The van der Waals surface area contributed by atoms with Crippen molar-refractivity contribution in [1.82, 2.24) is 0 Å². The van der Waals surface area contributed by atoms with E-state index in [4.69, 9.17) is 9.47 Å². The van der Waals surface area contributed by atoms with Crippen molar-refractivity contribution in [3.05, 3.63) is 83.4 Å². The summed E-state index contributed by atoms with van der Waals surface area (Å²) in [4.78, 5) is 2.62. The van der Waals surface area contributed by atoms with E-state index in [1.54, 1.807) is 7.11 Å². The van der Waals surface area contributed by atoms with Crippen LogP contribution in [-0.4, -0.2) is 20.2 Å². The third kappa shape index (κ3) is 5.67. The number of ether oxygens (including phenoxy) is 2. The average Bonchev–Trinajstić information content (AvgIpc) is 2.92. The highest BCUT2D eigenvalue weighted by atomic mass is 31.1. The molecule has 1 saturated heterocycles. The topological polar surface area (TPSA) is 21.7 Å². The number of hydrogen-bond donors (Lipinski definition) is 0. The van der Waals surface area contributed by atoms with E-state index in [9.17, 15) is 0 Å². The molecule has 0 amide bonds. The third-order valence-electron chi connectivity index (χ3n) is 7.46. The smallest absolute Gasteiger partial charge is 0.165 e. The van der Waals surface area contributed by atoms with Gasteiger partial charge in [0.1, 0.15) is 6.61 Å². The Morgan fingerprint density at radius 1 is 0.857 bits per heavy atom. The van der Waals surface area contributed by atoms with Crippen LogP contribution in [0, 0.1) is 6.92 Å². The molecule has 1 heterocycles. The van der Waals surface area contributed by atoms with Crippen molar-refractivity contribution in [3.8, 4) is 11.5 Å². The Balaban J connectivity index is 1.75. The molecule has 1 atom stereocenters. The molecule has 1 aliphatic heterocycles. The number of hydrogen-bond acceptors (Lipinski definition) is 3. The van der Waals surface area contributed by atoms with Gasteiger partial charge in [-0.15, -0.1) is 0 Å². The molecule has 4 rings (SSSR count). The van der Waals surface area contributed by atoms with Crippen LogP contribution in [0.25, 0.3) is 0 Å². The molecule has 0 aromatic heterocycles. The van der Waals surface area contributed by atoms with Gasteiger partial charge >= 0.3 is 0 Å². The molecule has 0 saturated carbocycles. The quantitative estimate of drug-likeness (QED) is 0.274. The van der Waals surface area contributed by atoms with Gasteiger partial charge in [-0.1, -0.05) is 77.0 Å². The predicted molar refractivity (Wildman–Crippen MR) is 151 cm³/mol. The van der Waals surface area contributed by atoms with Gasteiger partial charge in [0, 0.05) is 29.5 Å². The Hall–Kier alpha value is -2.51.